The minimum absolute atomic E-state index is 0. The van der Waals surface area contributed by atoms with Crippen molar-refractivity contribution >= 4 is 33.0 Å². The molecule has 5 heteroatoms. The largest absolute Gasteiger partial charge is 0.500 e. The van der Waals surface area contributed by atoms with Crippen LogP contribution >= 0.6 is 0 Å². The SMILES string of the molecule is [2H]C([2H])([2H])c1c[c-]c(-c2nc3ccccc3n2-c2c(C([2H])(C)C)cccc2C([2H])(C)C)cc1.[2H]C([2H])(c1ccc(-c2ccnc(-c3[c-]ccc4c3oc3c5c(ccc34)-c3ccccc3C5(C)C)c2)cc1)C(C)(C)C.[Ir]. The molecular weight excluding hydrogens is 1010 g/mol. The Morgan fingerprint density at radius 2 is 1.47 bits per heavy atom. The third kappa shape index (κ3) is 8.46. The van der Waals surface area contributed by atoms with Crippen LogP contribution in [0.3, 0.4) is 0 Å². The molecule has 0 amide bonds. The van der Waals surface area contributed by atoms with E-state index in [1.807, 2.05) is 138 Å². The normalized spacial score (nSPS) is 15.1. The number of hydrogen-bond acceptors (Lipinski definition) is 3. The van der Waals surface area contributed by atoms with Crippen molar-refractivity contribution in [1.29, 1.82) is 0 Å². The van der Waals surface area contributed by atoms with Crippen molar-refractivity contribution < 1.29 is 34.1 Å². The van der Waals surface area contributed by atoms with Gasteiger partial charge in [-0.05, 0) is 92.0 Å². The summed E-state index contributed by atoms with van der Waals surface area (Å²) in [5, 5.41) is 2.17. The van der Waals surface area contributed by atoms with E-state index < -0.39 is 30.4 Å². The van der Waals surface area contributed by atoms with Gasteiger partial charge in [0, 0.05) is 57.9 Å². The fraction of sp³-hybridized carbons (Fsp3) is 0.238. The Balaban J connectivity index is 0.000000186. The van der Waals surface area contributed by atoms with E-state index in [1.165, 1.54) is 28.3 Å². The van der Waals surface area contributed by atoms with Crippen LogP contribution in [0.4, 0.5) is 0 Å². The molecular formula is C63H59IrN3O-2. The molecule has 0 unspecified atom stereocenters. The summed E-state index contributed by atoms with van der Waals surface area (Å²) < 4.78 is 66.6. The fourth-order valence-electron chi connectivity index (χ4n) is 9.75. The Bertz CT molecular complexity index is 3740. The van der Waals surface area contributed by atoms with Crippen molar-refractivity contribution in [3.8, 4) is 50.6 Å². The van der Waals surface area contributed by atoms with Crippen molar-refractivity contribution in [3.63, 3.8) is 0 Å². The Kier molecular flexibility index (Phi) is 10.4. The number of imidazole rings is 1. The number of furan rings is 1. The average Bonchev–Trinajstić information content (AvgIpc) is 4.01. The quantitative estimate of drug-likeness (QED) is 0.149. The number of fused-ring (bicyclic) bond motifs is 8. The molecule has 68 heavy (non-hydrogen) atoms. The van der Waals surface area contributed by atoms with Gasteiger partial charge in [0.1, 0.15) is 5.58 Å². The van der Waals surface area contributed by atoms with Crippen molar-refractivity contribution in [2.45, 2.75) is 92.7 Å². The summed E-state index contributed by atoms with van der Waals surface area (Å²) in [6.45, 7) is 15.5. The van der Waals surface area contributed by atoms with E-state index in [0.717, 1.165) is 72.2 Å². The molecule has 4 nitrogen and oxygen atoms in total. The van der Waals surface area contributed by atoms with E-state index in [-0.39, 0.29) is 31.1 Å². The third-order valence-corrected chi connectivity index (χ3v) is 12.8. The number of hydrogen-bond donors (Lipinski definition) is 0. The maximum Gasteiger partial charge on any atom is 0.125 e. The van der Waals surface area contributed by atoms with Gasteiger partial charge in [0.05, 0.1) is 22.4 Å². The van der Waals surface area contributed by atoms with Gasteiger partial charge in [0.15, 0.2) is 0 Å². The van der Waals surface area contributed by atoms with Crippen LogP contribution in [0, 0.1) is 24.4 Å². The molecule has 0 spiro atoms. The van der Waals surface area contributed by atoms with E-state index in [0.29, 0.717) is 17.0 Å². The van der Waals surface area contributed by atoms with E-state index in [4.69, 9.17) is 24.0 Å². The molecule has 1 radical (unpaired) electrons. The van der Waals surface area contributed by atoms with Gasteiger partial charge >= 0.3 is 0 Å². The fourth-order valence-corrected chi connectivity index (χ4v) is 9.75. The minimum atomic E-state index is -2.21. The van der Waals surface area contributed by atoms with E-state index in [2.05, 4.69) is 74.5 Å². The molecule has 0 saturated heterocycles. The summed E-state index contributed by atoms with van der Waals surface area (Å²) in [7, 11) is 0. The van der Waals surface area contributed by atoms with Crippen molar-refractivity contribution in [1.82, 2.24) is 14.5 Å². The van der Waals surface area contributed by atoms with Crippen molar-refractivity contribution in [2.24, 2.45) is 5.41 Å². The molecule has 1 aliphatic rings. The molecule has 0 saturated carbocycles. The first-order valence-corrected chi connectivity index (χ1v) is 23.0. The first kappa shape index (κ1) is 38.6. The maximum absolute atomic E-state index is 8.83. The molecule has 11 rings (SSSR count). The second-order valence-electron chi connectivity index (χ2n) is 19.6. The molecule has 0 N–H and O–H groups in total. The van der Waals surface area contributed by atoms with E-state index in [1.54, 1.807) is 12.1 Å². The molecule has 0 aliphatic heterocycles. The van der Waals surface area contributed by atoms with Gasteiger partial charge in [0.2, 0.25) is 0 Å². The van der Waals surface area contributed by atoms with Crippen LogP contribution in [0.5, 0.6) is 0 Å². The molecule has 343 valence electrons. The van der Waals surface area contributed by atoms with Crippen LogP contribution in [0.1, 0.15) is 117 Å². The molecule has 3 heterocycles. The first-order chi connectivity index (χ1) is 34.8. The number of rotatable bonds is 7. The number of nitrogens with zero attached hydrogens (tertiary/aromatic N) is 3. The Morgan fingerprint density at radius 3 is 2.18 bits per heavy atom. The number of aromatic nitrogens is 3. The zero-order valence-electron chi connectivity index (χ0n) is 47.0. The molecule has 1 aliphatic carbocycles. The predicted molar refractivity (Wildman–Crippen MR) is 280 cm³/mol. The monoisotopic (exact) mass is 1070 g/mol. The number of benzene rings is 7. The van der Waals surface area contributed by atoms with Gasteiger partial charge in [0.25, 0.3) is 0 Å². The Labute approximate surface area is 425 Å². The zero-order valence-corrected chi connectivity index (χ0v) is 42.4. The van der Waals surface area contributed by atoms with E-state index >= 15 is 0 Å². The standard InChI is InChI=1S/C37H32NO.C26H27N2.Ir/c1-36(2,3)22-23-13-15-24(16-14-23)25-19-20-38-32(21-25)30-11-8-10-28-29-18-17-27-26-9-6-7-12-31(26)37(4,5)33(27)35(29)39-34(28)30;1-17(2)21-9-8-10-22(18(3)4)25(21)28-24-12-7-6-11-23(24)27-26(28)20-15-13-19(5)14-16-20;/h6-10,12-21H,22H2,1-5H3;6-15,17-18H,1-5H3;/q2*-1;/i22D2;5D3,17D,18D;. The van der Waals surface area contributed by atoms with Crippen molar-refractivity contribution in [3.05, 3.63) is 197 Å². The third-order valence-electron chi connectivity index (χ3n) is 12.8. The number of pyridine rings is 1. The molecule has 10 aromatic rings. The van der Waals surface area contributed by atoms with Crippen LogP contribution in [-0.2, 0) is 31.9 Å². The van der Waals surface area contributed by atoms with Gasteiger partial charge in [-0.25, -0.2) is 0 Å². The van der Waals surface area contributed by atoms with Gasteiger partial charge in [-0.2, -0.15) is 0 Å². The van der Waals surface area contributed by atoms with Gasteiger partial charge in [-0.3, -0.25) is 4.98 Å². The topological polar surface area (TPSA) is 43.9 Å². The first-order valence-electron chi connectivity index (χ1n) is 26.5. The van der Waals surface area contributed by atoms with E-state index in [9.17, 15) is 0 Å². The molecule has 3 aromatic heterocycles. The predicted octanol–water partition coefficient (Wildman–Crippen LogP) is 17.1. The van der Waals surface area contributed by atoms with Gasteiger partial charge < -0.3 is 14.0 Å². The summed E-state index contributed by atoms with van der Waals surface area (Å²) in [5.74, 6) is -1.25. The molecule has 7 aromatic carbocycles. The summed E-state index contributed by atoms with van der Waals surface area (Å²) in [5.41, 5.74) is 15.3. The van der Waals surface area contributed by atoms with Crippen LogP contribution in [0.2, 0.25) is 0 Å². The second-order valence-corrected chi connectivity index (χ2v) is 19.6. The Morgan fingerprint density at radius 1 is 0.750 bits per heavy atom. The Hall–Kier alpha value is -6.39. The summed E-state index contributed by atoms with van der Waals surface area (Å²) >= 11 is 0. The van der Waals surface area contributed by atoms with Crippen molar-refractivity contribution in [2.75, 3.05) is 0 Å². The summed E-state index contributed by atoms with van der Waals surface area (Å²) in [6, 6.07) is 53.8. The van der Waals surface area contributed by atoms with Crippen LogP contribution < -0.4 is 0 Å². The second kappa shape index (κ2) is 18.3. The van der Waals surface area contributed by atoms with Crippen LogP contribution in [0.15, 0.2) is 156 Å². The molecule has 0 fully saturated rings. The number of para-hydroxylation sites is 3. The summed E-state index contributed by atoms with van der Waals surface area (Å²) in [4.78, 5) is 9.59. The smallest absolute Gasteiger partial charge is 0.125 e. The molecule has 0 atom stereocenters. The van der Waals surface area contributed by atoms with Crippen LogP contribution in [-0.4, -0.2) is 14.5 Å². The average molecular weight is 1070 g/mol. The van der Waals surface area contributed by atoms with Crippen LogP contribution in [0.25, 0.3) is 83.6 Å². The molecule has 0 bridgehead atoms. The van der Waals surface area contributed by atoms with Gasteiger partial charge in [-0.15, -0.1) is 53.6 Å². The zero-order chi connectivity index (χ0) is 52.9. The maximum atomic E-state index is 8.83. The number of aryl methyl sites for hydroxylation is 1. The summed E-state index contributed by atoms with van der Waals surface area (Å²) in [6.07, 6.45) is 0.386. The van der Waals surface area contributed by atoms with Gasteiger partial charge in [-0.1, -0.05) is 177 Å². The minimum Gasteiger partial charge on any atom is -0.500 e.